The minimum absolute atomic E-state index is 0.231. The first-order valence-corrected chi connectivity index (χ1v) is 8.45. The van der Waals surface area contributed by atoms with Crippen molar-refractivity contribution in [2.24, 2.45) is 0 Å². The molecule has 1 N–H and O–H groups in total. The fourth-order valence-electron chi connectivity index (χ4n) is 2.53. The van der Waals surface area contributed by atoms with Crippen LogP contribution in [0.3, 0.4) is 0 Å². The number of nitrogens with zero attached hydrogens (tertiary/aromatic N) is 4. The van der Waals surface area contributed by atoms with Crippen LogP contribution in [0.15, 0.2) is 30.6 Å². The number of hydrogen-bond donors (Lipinski definition) is 1. The Labute approximate surface area is 155 Å². The highest BCUT2D eigenvalue weighted by molar-refractivity contribution is 5.97. The van der Waals surface area contributed by atoms with Crippen molar-refractivity contribution in [3.8, 4) is 0 Å². The van der Waals surface area contributed by atoms with Gasteiger partial charge >= 0.3 is 11.9 Å². The summed E-state index contributed by atoms with van der Waals surface area (Å²) in [5.41, 5.74) is 1.73. The van der Waals surface area contributed by atoms with Crippen LogP contribution < -0.4 is 5.32 Å². The molecule has 0 radical (unpaired) electrons. The molecular formula is C18H19N5O4. The largest absolute Gasteiger partial charge is 0.462 e. The molecule has 9 heteroatoms. The van der Waals surface area contributed by atoms with Crippen LogP contribution in [0.25, 0.3) is 5.78 Å². The fraction of sp³-hybridized carbons (Fsp3) is 0.278. The summed E-state index contributed by atoms with van der Waals surface area (Å²) in [4.78, 5) is 32.7. The van der Waals surface area contributed by atoms with Crippen molar-refractivity contribution in [2.75, 3.05) is 18.5 Å². The molecule has 2 heterocycles. The van der Waals surface area contributed by atoms with Gasteiger partial charge in [0.25, 0.3) is 5.78 Å². The average Bonchev–Trinajstić information content (AvgIpc) is 3.10. The maximum absolute atomic E-state index is 12.2. The topological polar surface area (TPSA) is 108 Å². The van der Waals surface area contributed by atoms with E-state index in [0.717, 1.165) is 5.69 Å². The molecule has 3 aromatic rings. The Morgan fingerprint density at radius 3 is 2.26 bits per heavy atom. The molecule has 0 aliphatic heterocycles. The molecule has 0 atom stereocenters. The summed E-state index contributed by atoms with van der Waals surface area (Å²) in [5, 5.41) is 7.28. The Morgan fingerprint density at radius 1 is 1.04 bits per heavy atom. The molecule has 0 bridgehead atoms. The van der Waals surface area contributed by atoms with Crippen LogP contribution in [-0.4, -0.2) is 44.7 Å². The molecule has 0 fully saturated rings. The SMILES string of the molecule is CCOC(=O)c1cc(Nc2cc(C)nc3ncnn23)cc(C(=O)OCC)c1. The molecule has 0 aliphatic rings. The van der Waals surface area contributed by atoms with Crippen molar-refractivity contribution in [1.29, 1.82) is 0 Å². The lowest BCUT2D eigenvalue weighted by molar-refractivity contribution is 0.0525. The second kappa shape index (κ2) is 7.81. The highest BCUT2D eigenvalue weighted by Gasteiger charge is 2.16. The number of carbonyl (C=O) groups excluding carboxylic acids is 2. The minimum atomic E-state index is -0.525. The van der Waals surface area contributed by atoms with E-state index in [0.29, 0.717) is 17.3 Å². The highest BCUT2D eigenvalue weighted by Crippen LogP contribution is 2.22. The quantitative estimate of drug-likeness (QED) is 0.661. The first-order chi connectivity index (χ1) is 13.0. The van der Waals surface area contributed by atoms with Gasteiger partial charge in [0.05, 0.1) is 24.3 Å². The Kier molecular flexibility index (Phi) is 5.30. The Morgan fingerprint density at radius 2 is 1.67 bits per heavy atom. The van der Waals surface area contributed by atoms with Crippen LogP contribution in [0.1, 0.15) is 40.3 Å². The zero-order valence-electron chi connectivity index (χ0n) is 15.2. The maximum Gasteiger partial charge on any atom is 0.338 e. The molecule has 27 heavy (non-hydrogen) atoms. The molecule has 9 nitrogen and oxygen atoms in total. The number of hydrogen-bond acceptors (Lipinski definition) is 8. The van der Waals surface area contributed by atoms with Crippen LogP contribution in [0.4, 0.5) is 11.5 Å². The van der Waals surface area contributed by atoms with Crippen molar-refractivity contribution >= 4 is 29.2 Å². The van der Waals surface area contributed by atoms with Crippen molar-refractivity contribution in [2.45, 2.75) is 20.8 Å². The lowest BCUT2D eigenvalue weighted by Gasteiger charge is -2.12. The first-order valence-electron chi connectivity index (χ1n) is 8.45. The van der Waals surface area contributed by atoms with Gasteiger partial charge in [-0.25, -0.2) is 14.6 Å². The zero-order valence-corrected chi connectivity index (χ0v) is 15.2. The molecule has 0 aliphatic carbocycles. The number of benzene rings is 1. The molecule has 0 saturated heterocycles. The number of nitrogens with one attached hydrogen (secondary N) is 1. The number of aromatic nitrogens is 4. The lowest BCUT2D eigenvalue weighted by atomic mass is 10.1. The lowest BCUT2D eigenvalue weighted by Crippen LogP contribution is -2.11. The number of aryl methyl sites for hydroxylation is 1. The van der Waals surface area contributed by atoms with Crippen molar-refractivity contribution in [3.05, 3.63) is 47.4 Å². The zero-order chi connectivity index (χ0) is 19.4. The van der Waals surface area contributed by atoms with Crippen molar-refractivity contribution in [1.82, 2.24) is 19.6 Å². The third-order valence-electron chi connectivity index (χ3n) is 3.61. The van der Waals surface area contributed by atoms with Gasteiger partial charge in [-0.3, -0.25) is 0 Å². The van der Waals surface area contributed by atoms with Crippen LogP contribution in [-0.2, 0) is 9.47 Å². The number of anilines is 2. The molecule has 0 saturated carbocycles. The fourth-order valence-corrected chi connectivity index (χ4v) is 2.53. The summed E-state index contributed by atoms with van der Waals surface area (Å²) in [6.45, 7) is 5.72. The van der Waals surface area contributed by atoms with E-state index in [-0.39, 0.29) is 24.3 Å². The van der Waals surface area contributed by atoms with E-state index >= 15 is 0 Å². The van der Waals surface area contributed by atoms with Gasteiger partial charge in [-0.1, -0.05) is 0 Å². The van der Waals surface area contributed by atoms with E-state index in [4.69, 9.17) is 9.47 Å². The normalized spacial score (nSPS) is 10.6. The number of ether oxygens (including phenoxy) is 2. The van der Waals surface area contributed by atoms with Gasteiger partial charge in [-0.15, -0.1) is 0 Å². The van der Waals surface area contributed by atoms with E-state index in [1.807, 2.05) is 6.92 Å². The second-order valence-corrected chi connectivity index (χ2v) is 5.62. The first kappa shape index (κ1) is 18.3. The summed E-state index contributed by atoms with van der Waals surface area (Å²) in [6.07, 6.45) is 1.39. The molecule has 0 spiro atoms. The summed E-state index contributed by atoms with van der Waals surface area (Å²) >= 11 is 0. The minimum Gasteiger partial charge on any atom is -0.462 e. The van der Waals surface area contributed by atoms with Gasteiger partial charge in [-0.05, 0) is 39.0 Å². The predicted molar refractivity (Wildman–Crippen MR) is 97.2 cm³/mol. The maximum atomic E-state index is 12.2. The van der Waals surface area contributed by atoms with Crippen molar-refractivity contribution < 1.29 is 19.1 Å². The van der Waals surface area contributed by atoms with Gasteiger partial charge in [0, 0.05) is 17.4 Å². The molecule has 140 valence electrons. The molecule has 2 aromatic heterocycles. The average molecular weight is 369 g/mol. The van der Waals surface area contributed by atoms with Crippen LogP contribution >= 0.6 is 0 Å². The smallest absolute Gasteiger partial charge is 0.338 e. The summed E-state index contributed by atoms with van der Waals surface area (Å²) in [5.74, 6) is -0.0255. The monoisotopic (exact) mass is 369 g/mol. The Balaban J connectivity index is 2.03. The van der Waals surface area contributed by atoms with E-state index in [1.165, 1.54) is 16.9 Å². The van der Waals surface area contributed by atoms with Gasteiger partial charge in [0.1, 0.15) is 12.1 Å². The standard InChI is InChI=1S/C18H19N5O4/c1-4-26-16(24)12-7-13(17(25)27-5-2)9-14(8-12)22-15-6-11(3)21-18-19-10-20-23(15)18/h6-10,22H,4-5H2,1-3H3. The summed E-state index contributed by atoms with van der Waals surface area (Å²) < 4.78 is 11.6. The molecule has 1 aromatic carbocycles. The third-order valence-corrected chi connectivity index (χ3v) is 3.61. The predicted octanol–water partition coefficient (Wildman–Crippen LogP) is 2.53. The van der Waals surface area contributed by atoms with Gasteiger partial charge in [0.2, 0.25) is 0 Å². The van der Waals surface area contributed by atoms with Gasteiger partial charge in [-0.2, -0.15) is 14.6 Å². The molecular weight excluding hydrogens is 350 g/mol. The number of fused-ring (bicyclic) bond motifs is 1. The van der Waals surface area contributed by atoms with E-state index < -0.39 is 11.9 Å². The van der Waals surface area contributed by atoms with Gasteiger partial charge in [0.15, 0.2) is 0 Å². The Bertz CT molecular complexity index is 962. The van der Waals surface area contributed by atoms with E-state index in [9.17, 15) is 9.59 Å². The van der Waals surface area contributed by atoms with Crippen LogP contribution in [0, 0.1) is 6.92 Å². The third kappa shape index (κ3) is 4.02. The number of rotatable bonds is 6. The highest BCUT2D eigenvalue weighted by atomic mass is 16.5. The second-order valence-electron chi connectivity index (χ2n) is 5.62. The van der Waals surface area contributed by atoms with Crippen LogP contribution in [0.5, 0.6) is 0 Å². The molecule has 0 unspecified atom stereocenters. The number of esters is 2. The molecule has 3 rings (SSSR count). The van der Waals surface area contributed by atoms with Crippen molar-refractivity contribution in [3.63, 3.8) is 0 Å². The van der Waals surface area contributed by atoms with Crippen LogP contribution in [0.2, 0.25) is 0 Å². The Hall–Kier alpha value is -3.49. The van der Waals surface area contributed by atoms with E-state index in [1.54, 1.807) is 32.0 Å². The summed E-state index contributed by atoms with van der Waals surface area (Å²) in [6, 6.07) is 6.42. The number of carbonyl (C=O) groups is 2. The molecule has 0 amide bonds. The summed E-state index contributed by atoms with van der Waals surface area (Å²) in [7, 11) is 0. The van der Waals surface area contributed by atoms with Gasteiger partial charge < -0.3 is 14.8 Å². The van der Waals surface area contributed by atoms with E-state index in [2.05, 4.69) is 20.4 Å².